The lowest BCUT2D eigenvalue weighted by Crippen LogP contribution is -2.17. The van der Waals surface area contributed by atoms with Gasteiger partial charge in [0.2, 0.25) is 0 Å². The van der Waals surface area contributed by atoms with Gasteiger partial charge < -0.3 is 18.2 Å². The molecular formula is C57H43NO3. The molecule has 1 atom stereocenters. The van der Waals surface area contributed by atoms with Crippen LogP contribution in [0.5, 0.6) is 0 Å². The second kappa shape index (κ2) is 13.0. The molecule has 0 saturated carbocycles. The van der Waals surface area contributed by atoms with Crippen LogP contribution in [0.4, 0.5) is 11.4 Å². The van der Waals surface area contributed by atoms with E-state index in [9.17, 15) is 0 Å². The number of furan rings is 3. The zero-order chi connectivity index (χ0) is 40.4. The van der Waals surface area contributed by atoms with Crippen molar-refractivity contribution in [1.29, 1.82) is 0 Å². The van der Waals surface area contributed by atoms with Crippen molar-refractivity contribution < 1.29 is 13.3 Å². The fourth-order valence-corrected chi connectivity index (χ4v) is 11.0. The summed E-state index contributed by atoms with van der Waals surface area (Å²) < 4.78 is 20.3. The summed E-state index contributed by atoms with van der Waals surface area (Å²) in [5.74, 6) is 1.25. The summed E-state index contributed by atoms with van der Waals surface area (Å²) in [6.45, 7) is 4.75. The molecule has 13 rings (SSSR count). The van der Waals surface area contributed by atoms with E-state index in [1.165, 1.54) is 38.8 Å². The van der Waals surface area contributed by atoms with Crippen molar-refractivity contribution in [2.24, 2.45) is 0 Å². The molecule has 3 heterocycles. The molecule has 0 amide bonds. The molecule has 4 aliphatic rings. The summed E-state index contributed by atoms with van der Waals surface area (Å²) in [4.78, 5) is 2.38. The highest BCUT2D eigenvalue weighted by atomic mass is 16.3. The number of hydrogen-bond donors (Lipinski definition) is 0. The van der Waals surface area contributed by atoms with Crippen LogP contribution in [0.25, 0.3) is 77.6 Å². The van der Waals surface area contributed by atoms with Gasteiger partial charge in [-0.05, 0) is 72.7 Å². The van der Waals surface area contributed by atoms with Crippen molar-refractivity contribution >= 4 is 77.9 Å². The average molecular weight is 790 g/mol. The molecule has 3 aromatic heterocycles. The summed E-state index contributed by atoms with van der Waals surface area (Å²) in [5, 5.41) is 5.78. The van der Waals surface area contributed by atoms with E-state index >= 15 is 0 Å². The molecule has 294 valence electrons. The van der Waals surface area contributed by atoms with Gasteiger partial charge in [-0.25, -0.2) is 0 Å². The highest BCUT2D eigenvalue weighted by Crippen LogP contribution is 2.54. The number of hydrogen-bond acceptors (Lipinski definition) is 4. The molecule has 0 spiro atoms. The van der Waals surface area contributed by atoms with E-state index in [1.54, 1.807) is 0 Å². The number of fused-ring (bicyclic) bond motifs is 12. The maximum absolute atomic E-state index is 7.22. The second-order valence-corrected chi connectivity index (χ2v) is 17.7. The van der Waals surface area contributed by atoms with Crippen molar-refractivity contribution in [2.45, 2.75) is 57.3 Å². The third-order valence-corrected chi connectivity index (χ3v) is 14.0. The van der Waals surface area contributed by atoms with E-state index in [0.717, 1.165) is 116 Å². The fourth-order valence-electron chi connectivity index (χ4n) is 11.0. The number of rotatable bonds is 5. The smallest absolute Gasteiger partial charge is 0.159 e. The van der Waals surface area contributed by atoms with Crippen LogP contribution in [0.15, 0.2) is 176 Å². The first-order valence-electron chi connectivity index (χ1n) is 21.8. The number of anilines is 2. The van der Waals surface area contributed by atoms with Gasteiger partial charge in [0.25, 0.3) is 0 Å². The van der Waals surface area contributed by atoms with Gasteiger partial charge in [-0.2, -0.15) is 0 Å². The third kappa shape index (κ3) is 5.05. The normalized spacial score (nSPS) is 17.8. The van der Waals surface area contributed by atoms with E-state index in [0.29, 0.717) is 0 Å². The van der Waals surface area contributed by atoms with Crippen LogP contribution in [-0.4, -0.2) is 0 Å². The predicted octanol–water partition coefficient (Wildman–Crippen LogP) is 16.0. The van der Waals surface area contributed by atoms with E-state index in [-0.39, 0.29) is 11.3 Å². The summed E-state index contributed by atoms with van der Waals surface area (Å²) in [6, 6.07) is 41.6. The molecule has 61 heavy (non-hydrogen) atoms. The van der Waals surface area contributed by atoms with Crippen molar-refractivity contribution in [3.8, 4) is 11.1 Å². The minimum Gasteiger partial charge on any atom is -0.460 e. The first-order valence-corrected chi connectivity index (χ1v) is 21.8. The van der Waals surface area contributed by atoms with Gasteiger partial charge in [0.05, 0.1) is 5.69 Å². The summed E-state index contributed by atoms with van der Waals surface area (Å²) in [6.07, 6.45) is 21.1. The molecule has 0 N–H and O–H groups in total. The largest absolute Gasteiger partial charge is 0.460 e. The van der Waals surface area contributed by atoms with Crippen LogP contribution in [-0.2, 0) is 11.8 Å². The maximum atomic E-state index is 7.22. The van der Waals surface area contributed by atoms with Crippen molar-refractivity contribution in [2.75, 3.05) is 4.90 Å². The molecule has 4 aliphatic carbocycles. The number of para-hydroxylation sites is 4. The summed E-state index contributed by atoms with van der Waals surface area (Å²) >= 11 is 0. The first-order chi connectivity index (χ1) is 30.0. The van der Waals surface area contributed by atoms with Crippen LogP contribution in [0, 0.1) is 0 Å². The molecule has 0 radical (unpaired) electrons. The van der Waals surface area contributed by atoms with Crippen LogP contribution in [0.1, 0.15) is 73.5 Å². The number of aryl methyl sites for hydroxylation is 1. The monoisotopic (exact) mass is 789 g/mol. The topological polar surface area (TPSA) is 42.7 Å². The first kappa shape index (κ1) is 34.8. The lowest BCUT2D eigenvalue weighted by atomic mass is 9.78. The van der Waals surface area contributed by atoms with Crippen LogP contribution >= 0.6 is 0 Å². The molecule has 9 aromatic rings. The minimum absolute atomic E-state index is 0.0316. The average Bonchev–Trinajstić information content (AvgIpc) is 4.06. The van der Waals surface area contributed by atoms with E-state index in [2.05, 4.69) is 170 Å². The third-order valence-electron chi connectivity index (χ3n) is 14.0. The number of nitrogens with zero attached hydrogens (tertiary/aromatic N) is 1. The lowest BCUT2D eigenvalue weighted by Gasteiger charge is -2.29. The Morgan fingerprint density at radius 1 is 0.607 bits per heavy atom. The molecular weight excluding hydrogens is 747 g/mol. The van der Waals surface area contributed by atoms with Gasteiger partial charge in [0, 0.05) is 78.3 Å². The molecule has 6 aromatic carbocycles. The SMILES string of the molecule is CC1(C)C2=C(C=CCC2)c2c1ccc1c2oc2c(N(C3=CCC(c4cccc5c4oc4ccccc45)C=C3)c3ccc(-c4cccc5c6c(oc45)CCC=C6)cc3)cccc21. The van der Waals surface area contributed by atoms with Gasteiger partial charge in [0.15, 0.2) is 5.58 Å². The number of benzene rings is 6. The molecule has 0 fully saturated rings. The van der Waals surface area contributed by atoms with Crippen molar-refractivity contribution in [3.63, 3.8) is 0 Å². The summed E-state index contributed by atoms with van der Waals surface area (Å²) in [5.41, 5.74) is 18.0. The predicted molar refractivity (Wildman–Crippen MR) is 251 cm³/mol. The Morgan fingerprint density at radius 2 is 1.38 bits per heavy atom. The van der Waals surface area contributed by atoms with Gasteiger partial charge in [-0.15, -0.1) is 0 Å². The molecule has 4 heteroatoms. The molecule has 4 nitrogen and oxygen atoms in total. The van der Waals surface area contributed by atoms with Crippen LogP contribution < -0.4 is 4.90 Å². The van der Waals surface area contributed by atoms with E-state index < -0.39 is 0 Å². The quantitative estimate of drug-likeness (QED) is 0.174. The molecule has 1 unspecified atom stereocenters. The zero-order valence-corrected chi connectivity index (χ0v) is 34.3. The molecule has 0 aliphatic heterocycles. The minimum atomic E-state index is -0.0316. The molecule has 0 saturated heterocycles. The van der Waals surface area contributed by atoms with Crippen LogP contribution in [0.3, 0.4) is 0 Å². The Hall–Kier alpha value is -7.04. The van der Waals surface area contributed by atoms with Gasteiger partial charge in [-0.1, -0.05) is 147 Å². The summed E-state index contributed by atoms with van der Waals surface area (Å²) in [7, 11) is 0. The Balaban J connectivity index is 0.954. The van der Waals surface area contributed by atoms with E-state index in [4.69, 9.17) is 13.3 Å². The Morgan fingerprint density at radius 3 is 2.26 bits per heavy atom. The van der Waals surface area contributed by atoms with Gasteiger partial charge in [-0.3, -0.25) is 0 Å². The highest BCUT2D eigenvalue weighted by molar-refractivity contribution is 6.14. The van der Waals surface area contributed by atoms with Gasteiger partial charge >= 0.3 is 0 Å². The van der Waals surface area contributed by atoms with Gasteiger partial charge in [0.1, 0.15) is 28.1 Å². The van der Waals surface area contributed by atoms with Crippen LogP contribution in [0.2, 0.25) is 0 Å². The Labute approximate surface area is 354 Å². The lowest BCUT2D eigenvalue weighted by molar-refractivity contribution is 0.547. The zero-order valence-electron chi connectivity index (χ0n) is 34.3. The Kier molecular flexibility index (Phi) is 7.40. The Bertz CT molecular complexity index is 3480. The second-order valence-electron chi connectivity index (χ2n) is 17.7. The van der Waals surface area contributed by atoms with Crippen molar-refractivity contribution in [3.05, 3.63) is 191 Å². The number of allylic oxidation sites excluding steroid dienone is 8. The maximum Gasteiger partial charge on any atom is 0.159 e. The highest BCUT2D eigenvalue weighted by Gasteiger charge is 2.39. The fraction of sp³-hybridized carbons (Fsp3) is 0.158. The standard InChI is InChI=1S/C57H43NO3/c1-57(2)47-20-6-3-14-46(47)52-48(57)33-32-45-44-19-11-21-49(55(44)61-56(45)52)58(36-28-24-34(25-29-36)38-15-9-17-42-40-12-4-7-22-50(40)59-53(38)42)37-30-26-35(27-31-37)39-16-10-18-43-41-13-5-8-23-51(41)60-54(39)43/h3-5,7,9-19,21-22,24,26-34H,6,8,20,23,25H2,1-2H3. The molecule has 0 bridgehead atoms. The van der Waals surface area contributed by atoms with Crippen molar-refractivity contribution in [1.82, 2.24) is 0 Å². The van der Waals surface area contributed by atoms with E-state index in [1.807, 2.05) is 6.07 Å².